The van der Waals surface area contributed by atoms with Crippen LogP contribution in [0.25, 0.3) is 0 Å². The summed E-state index contributed by atoms with van der Waals surface area (Å²) in [5.74, 6) is 0.315. The van der Waals surface area contributed by atoms with Gasteiger partial charge in [-0.2, -0.15) is 0 Å². The number of amides is 1. The molecule has 1 aromatic carbocycles. The first-order chi connectivity index (χ1) is 8.02. The summed E-state index contributed by atoms with van der Waals surface area (Å²) >= 11 is 5.74. The quantitative estimate of drug-likeness (QED) is 0.843. The van der Waals surface area contributed by atoms with E-state index >= 15 is 0 Å². The number of aliphatic hydroxyl groups excluding tert-OH is 1. The first-order valence-corrected chi connectivity index (χ1v) is 5.74. The molecule has 0 aliphatic heterocycles. The molecule has 0 aliphatic rings. The van der Waals surface area contributed by atoms with Gasteiger partial charge in [0.1, 0.15) is 5.75 Å². The maximum Gasteiger partial charge on any atom is 0.261 e. The van der Waals surface area contributed by atoms with Crippen LogP contribution in [0.2, 0.25) is 5.02 Å². The van der Waals surface area contributed by atoms with Gasteiger partial charge < -0.3 is 15.2 Å². The van der Waals surface area contributed by atoms with E-state index in [1.165, 1.54) is 0 Å². The lowest BCUT2D eigenvalue weighted by molar-refractivity contribution is -0.128. The molecule has 0 spiro atoms. The second-order valence-corrected chi connectivity index (χ2v) is 4.24. The summed E-state index contributed by atoms with van der Waals surface area (Å²) in [6, 6.07) is 6.50. The van der Waals surface area contributed by atoms with Crippen LogP contribution in [0.1, 0.15) is 13.8 Å². The Morgan fingerprint density at radius 2 is 2.00 bits per heavy atom. The van der Waals surface area contributed by atoms with Crippen LogP contribution in [0.4, 0.5) is 0 Å². The SMILES string of the molecule is CC(Oc1ccc(Cl)cc1)C(=O)N[C@@H](C)CO. The summed E-state index contributed by atoms with van der Waals surface area (Å²) in [6.07, 6.45) is -0.620. The number of ether oxygens (including phenoxy) is 1. The molecule has 2 atom stereocenters. The van der Waals surface area contributed by atoms with Gasteiger partial charge in [-0.25, -0.2) is 0 Å². The van der Waals surface area contributed by atoms with Crippen molar-refractivity contribution in [2.24, 2.45) is 0 Å². The van der Waals surface area contributed by atoms with Crippen LogP contribution >= 0.6 is 11.6 Å². The maximum atomic E-state index is 11.6. The molecule has 0 saturated carbocycles. The summed E-state index contributed by atoms with van der Waals surface area (Å²) in [5.41, 5.74) is 0. The molecule has 1 unspecified atom stereocenters. The highest BCUT2D eigenvalue weighted by molar-refractivity contribution is 6.30. The lowest BCUT2D eigenvalue weighted by Crippen LogP contribution is -2.42. The first kappa shape index (κ1) is 13.8. The van der Waals surface area contributed by atoms with Gasteiger partial charge in [0, 0.05) is 11.1 Å². The van der Waals surface area contributed by atoms with Crippen molar-refractivity contribution in [3.8, 4) is 5.75 Å². The number of rotatable bonds is 5. The van der Waals surface area contributed by atoms with Crippen molar-refractivity contribution in [2.75, 3.05) is 6.61 Å². The minimum absolute atomic E-state index is 0.0978. The average Bonchev–Trinajstić information content (AvgIpc) is 2.31. The molecule has 0 heterocycles. The number of hydrogen-bond donors (Lipinski definition) is 2. The Kier molecular flexibility index (Phi) is 5.25. The normalized spacial score (nSPS) is 13.9. The standard InChI is InChI=1S/C12H16ClNO3/c1-8(7-15)14-12(16)9(2)17-11-5-3-10(13)4-6-11/h3-6,8-9,15H,7H2,1-2H3,(H,14,16)/t8-,9?/m0/s1. The van der Waals surface area contributed by atoms with E-state index in [1.807, 2.05) is 0 Å². The smallest absolute Gasteiger partial charge is 0.261 e. The van der Waals surface area contributed by atoms with Crippen molar-refractivity contribution in [1.82, 2.24) is 5.32 Å². The van der Waals surface area contributed by atoms with Crippen LogP contribution in [-0.4, -0.2) is 29.8 Å². The monoisotopic (exact) mass is 257 g/mol. The number of hydrogen-bond acceptors (Lipinski definition) is 3. The fourth-order valence-electron chi connectivity index (χ4n) is 1.18. The molecular weight excluding hydrogens is 242 g/mol. The van der Waals surface area contributed by atoms with Crippen molar-refractivity contribution >= 4 is 17.5 Å². The maximum absolute atomic E-state index is 11.6. The van der Waals surface area contributed by atoms with Gasteiger partial charge in [-0.1, -0.05) is 11.6 Å². The summed E-state index contributed by atoms with van der Waals surface area (Å²) in [5, 5.41) is 12.1. The Balaban J connectivity index is 2.51. The van der Waals surface area contributed by atoms with Crippen LogP contribution in [0.3, 0.4) is 0 Å². The van der Waals surface area contributed by atoms with Crippen LogP contribution in [0.5, 0.6) is 5.75 Å². The molecule has 5 heteroatoms. The zero-order valence-corrected chi connectivity index (χ0v) is 10.6. The molecule has 1 rings (SSSR count). The molecule has 0 saturated heterocycles. The predicted octanol–water partition coefficient (Wildman–Crippen LogP) is 1.60. The van der Waals surface area contributed by atoms with E-state index in [1.54, 1.807) is 38.1 Å². The van der Waals surface area contributed by atoms with Crippen LogP contribution in [-0.2, 0) is 4.79 Å². The number of carbonyl (C=O) groups is 1. The molecule has 4 nitrogen and oxygen atoms in total. The summed E-state index contributed by atoms with van der Waals surface area (Å²) < 4.78 is 5.42. The van der Waals surface area contributed by atoms with E-state index < -0.39 is 6.10 Å². The molecule has 1 amide bonds. The van der Waals surface area contributed by atoms with Gasteiger partial charge in [-0.05, 0) is 38.1 Å². The minimum Gasteiger partial charge on any atom is -0.481 e. The fourth-order valence-corrected chi connectivity index (χ4v) is 1.30. The van der Waals surface area contributed by atoms with Gasteiger partial charge in [0.05, 0.1) is 6.61 Å². The zero-order chi connectivity index (χ0) is 12.8. The van der Waals surface area contributed by atoms with Gasteiger partial charge in [-0.15, -0.1) is 0 Å². The van der Waals surface area contributed by atoms with Crippen molar-refractivity contribution < 1.29 is 14.6 Å². The molecule has 2 N–H and O–H groups in total. The lowest BCUT2D eigenvalue weighted by Gasteiger charge is -2.17. The highest BCUT2D eigenvalue weighted by Gasteiger charge is 2.16. The number of aliphatic hydroxyl groups is 1. The topological polar surface area (TPSA) is 58.6 Å². The molecule has 0 bridgehead atoms. The Labute approximate surface area is 106 Å². The van der Waals surface area contributed by atoms with E-state index in [9.17, 15) is 4.79 Å². The highest BCUT2D eigenvalue weighted by Crippen LogP contribution is 2.16. The van der Waals surface area contributed by atoms with Crippen LogP contribution in [0.15, 0.2) is 24.3 Å². The van der Waals surface area contributed by atoms with Gasteiger partial charge in [0.15, 0.2) is 6.10 Å². The third-order valence-electron chi connectivity index (χ3n) is 2.16. The molecule has 1 aromatic rings. The zero-order valence-electron chi connectivity index (χ0n) is 9.81. The van der Waals surface area contributed by atoms with Crippen LogP contribution in [0, 0.1) is 0 Å². The highest BCUT2D eigenvalue weighted by atomic mass is 35.5. The Bertz CT molecular complexity index is 367. The Hall–Kier alpha value is -1.26. The van der Waals surface area contributed by atoms with Crippen molar-refractivity contribution in [3.05, 3.63) is 29.3 Å². The minimum atomic E-state index is -0.620. The van der Waals surface area contributed by atoms with Gasteiger partial charge >= 0.3 is 0 Å². The third kappa shape index (κ3) is 4.63. The van der Waals surface area contributed by atoms with Crippen molar-refractivity contribution in [1.29, 1.82) is 0 Å². The number of halogens is 1. The number of benzene rings is 1. The van der Waals surface area contributed by atoms with Gasteiger partial charge in [0.25, 0.3) is 5.91 Å². The van der Waals surface area contributed by atoms with Gasteiger partial charge in [-0.3, -0.25) is 4.79 Å². The molecule has 0 aliphatic carbocycles. The molecule has 17 heavy (non-hydrogen) atoms. The Morgan fingerprint density at radius 3 is 2.53 bits per heavy atom. The predicted molar refractivity (Wildman–Crippen MR) is 66.2 cm³/mol. The second-order valence-electron chi connectivity index (χ2n) is 3.81. The van der Waals surface area contributed by atoms with Crippen LogP contribution < -0.4 is 10.1 Å². The molecule has 0 aromatic heterocycles. The van der Waals surface area contributed by atoms with E-state index in [2.05, 4.69) is 5.32 Å². The molecule has 0 fully saturated rings. The van der Waals surface area contributed by atoms with E-state index in [-0.39, 0.29) is 18.6 Å². The largest absolute Gasteiger partial charge is 0.481 e. The number of nitrogens with one attached hydrogen (secondary N) is 1. The molecular formula is C12H16ClNO3. The van der Waals surface area contributed by atoms with Crippen molar-refractivity contribution in [3.63, 3.8) is 0 Å². The fraction of sp³-hybridized carbons (Fsp3) is 0.417. The second kappa shape index (κ2) is 6.47. The Morgan fingerprint density at radius 1 is 1.41 bits per heavy atom. The van der Waals surface area contributed by atoms with E-state index in [4.69, 9.17) is 21.4 Å². The molecule has 94 valence electrons. The van der Waals surface area contributed by atoms with E-state index in [0.29, 0.717) is 10.8 Å². The first-order valence-electron chi connectivity index (χ1n) is 5.36. The summed E-state index contributed by atoms with van der Waals surface area (Å²) in [7, 11) is 0. The summed E-state index contributed by atoms with van der Waals surface area (Å²) in [4.78, 5) is 11.6. The average molecular weight is 258 g/mol. The lowest BCUT2D eigenvalue weighted by atomic mass is 10.3. The van der Waals surface area contributed by atoms with E-state index in [0.717, 1.165) is 0 Å². The third-order valence-corrected chi connectivity index (χ3v) is 2.41. The van der Waals surface area contributed by atoms with Crippen molar-refractivity contribution in [2.45, 2.75) is 26.0 Å². The number of carbonyl (C=O) groups excluding carboxylic acids is 1. The molecule has 0 radical (unpaired) electrons. The summed E-state index contributed by atoms with van der Waals surface area (Å²) in [6.45, 7) is 3.26. The van der Waals surface area contributed by atoms with Gasteiger partial charge in [0.2, 0.25) is 0 Å².